The van der Waals surface area contributed by atoms with Crippen LogP contribution in [-0.4, -0.2) is 25.2 Å². The Kier molecular flexibility index (Phi) is 4.59. The van der Waals surface area contributed by atoms with Crippen LogP contribution < -0.4 is 14.8 Å². The number of ether oxygens (including phenoxy) is 2. The van der Waals surface area contributed by atoms with Gasteiger partial charge in [-0.2, -0.15) is 0 Å². The lowest BCUT2D eigenvalue weighted by Crippen LogP contribution is -2.40. The van der Waals surface area contributed by atoms with Gasteiger partial charge in [0.25, 0.3) is 5.91 Å². The summed E-state index contributed by atoms with van der Waals surface area (Å²) in [6, 6.07) is 5.17. The highest BCUT2D eigenvalue weighted by Gasteiger charge is 2.16. The molecule has 0 aliphatic rings. The summed E-state index contributed by atoms with van der Waals surface area (Å²) >= 11 is 0. The lowest BCUT2D eigenvalue weighted by Gasteiger charge is -2.20. The van der Waals surface area contributed by atoms with Crippen molar-refractivity contribution < 1.29 is 14.3 Å². The molecule has 0 aliphatic heterocycles. The maximum absolute atomic E-state index is 12.0. The number of methoxy groups -OCH3 is 1. The van der Waals surface area contributed by atoms with Gasteiger partial charge in [-0.25, -0.2) is 0 Å². The molecule has 0 unspecified atom stereocenters. The minimum absolute atomic E-state index is 0.121. The number of carbonyl (C=O) groups excluding carboxylic acids is 1. The van der Waals surface area contributed by atoms with E-state index in [9.17, 15) is 4.79 Å². The third-order valence-electron chi connectivity index (χ3n) is 2.21. The van der Waals surface area contributed by atoms with Crippen molar-refractivity contribution in [2.45, 2.75) is 33.2 Å². The van der Waals surface area contributed by atoms with Crippen molar-refractivity contribution in [3.05, 3.63) is 23.8 Å². The van der Waals surface area contributed by atoms with Crippen LogP contribution in [0.2, 0.25) is 0 Å². The van der Waals surface area contributed by atoms with Gasteiger partial charge in [0.1, 0.15) is 0 Å². The Morgan fingerprint density at radius 1 is 1.28 bits per heavy atom. The molecule has 0 saturated heterocycles. The van der Waals surface area contributed by atoms with Gasteiger partial charge in [0.15, 0.2) is 11.5 Å². The van der Waals surface area contributed by atoms with Gasteiger partial charge in [-0.1, -0.05) is 0 Å². The maximum Gasteiger partial charge on any atom is 0.251 e. The zero-order valence-electron chi connectivity index (χ0n) is 11.7. The molecule has 1 aromatic rings. The van der Waals surface area contributed by atoms with Crippen molar-refractivity contribution in [3.63, 3.8) is 0 Å². The second-order valence-electron chi connectivity index (χ2n) is 5.00. The van der Waals surface area contributed by atoms with E-state index in [1.54, 1.807) is 25.3 Å². The van der Waals surface area contributed by atoms with Gasteiger partial charge >= 0.3 is 0 Å². The predicted octanol–water partition coefficient (Wildman–Crippen LogP) is 2.62. The Hall–Kier alpha value is -1.71. The molecule has 0 aliphatic carbocycles. The summed E-state index contributed by atoms with van der Waals surface area (Å²) in [6.07, 6.45) is 0. The second-order valence-corrected chi connectivity index (χ2v) is 5.00. The van der Waals surface area contributed by atoms with E-state index in [0.717, 1.165) is 0 Å². The van der Waals surface area contributed by atoms with Gasteiger partial charge in [-0.05, 0) is 45.9 Å². The van der Waals surface area contributed by atoms with Crippen molar-refractivity contribution in [1.82, 2.24) is 5.32 Å². The number of nitrogens with one attached hydrogen (secondary N) is 1. The van der Waals surface area contributed by atoms with Crippen LogP contribution in [0.1, 0.15) is 38.1 Å². The van der Waals surface area contributed by atoms with Gasteiger partial charge < -0.3 is 14.8 Å². The van der Waals surface area contributed by atoms with Crippen LogP contribution in [0.15, 0.2) is 18.2 Å². The summed E-state index contributed by atoms with van der Waals surface area (Å²) in [6.45, 7) is 8.29. The zero-order chi connectivity index (χ0) is 13.8. The molecule has 0 spiro atoms. The van der Waals surface area contributed by atoms with Gasteiger partial charge in [-0.3, -0.25) is 4.79 Å². The number of hydrogen-bond donors (Lipinski definition) is 1. The van der Waals surface area contributed by atoms with Gasteiger partial charge in [-0.15, -0.1) is 0 Å². The lowest BCUT2D eigenvalue weighted by atomic mass is 10.1. The van der Waals surface area contributed by atoms with Gasteiger partial charge in [0.2, 0.25) is 0 Å². The Bertz CT molecular complexity index is 422. The molecule has 18 heavy (non-hydrogen) atoms. The third kappa shape index (κ3) is 3.95. The minimum Gasteiger partial charge on any atom is -0.493 e. The third-order valence-corrected chi connectivity index (χ3v) is 2.21. The first-order valence-electron chi connectivity index (χ1n) is 6.00. The number of hydrogen-bond acceptors (Lipinski definition) is 3. The fourth-order valence-corrected chi connectivity index (χ4v) is 1.50. The SMILES string of the molecule is CCOc1ccc(C(=O)NC(C)(C)C)cc1OC. The molecule has 1 amide bonds. The molecule has 0 saturated carbocycles. The molecule has 1 N–H and O–H groups in total. The highest BCUT2D eigenvalue weighted by molar-refractivity contribution is 5.95. The Balaban J connectivity index is 2.94. The van der Waals surface area contributed by atoms with E-state index in [4.69, 9.17) is 9.47 Å². The van der Waals surface area contributed by atoms with Crippen molar-refractivity contribution in [2.24, 2.45) is 0 Å². The van der Waals surface area contributed by atoms with Crippen LogP contribution >= 0.6 is 0 Å². The van der Waals surface area contributed by atoms with Gasteiger partial charge in [0.05, 0.1) is 13.7 Å². The van der Waals surface area contributed by atoms with Gasteiger partial charge in [0, 0.05) is 11.1 Å². The minimum atomic E-state index is -0.261. The lowest BCUT2D eigenvalue weighted by molar-refractivity contribution is 0.0919. The molecule has 0 atom stereocenters. The van der Waals surface area contributed by atoms with Crippen molar-refractivity contribution >= 4 is 5.91 Å². The highest BCUT2D eigenvalue weighted by atomic mass is 16.5. The van der Waals surface area contributed by atoms with Crippen LogP contribution in [0, 0.1) is 0 Å². The standard InChI is InChI=1S/C14H21NO3/c1-6-18-11-8-7-10(9-12(11)17-5)13(16)15-14(2,3)4/h7-9H,6H2,1-5H3,(H,15,16). The first kappa shape index (κ1) is 14.4. The van der Waals surface area contributed by atoms with E-state index in [0.29, 0.717) is 23.7 Å². The van der Waals surface area contributed by atoms with Crippen LogP contribution in [0.3, 0.4) is 0 Å². The molecule has 1 aromatic carbocycles. The van der Waals surface area contributed by atoms with E-state index in [1.807, 2.05) is 27.7 Å². The molecule has 4 heteroatoms. The van der Waals surface area contributed by atoms with E-state index in [-0.39, 0.29) is 11.4 Å². The predicted molar refractivity (Wildman–Crippen MR) is 71.4 cm³/mol. The molecule has 0 fully saturated rings. The monoisotopic (exact) mass is 251 g/mol. The quantitative estimate of drug-likeness (QED) is 0.894. The number of rotatable bonds is 4. The van der Waals surface area contributed by atoms with E-state index < -0.39 is 0 Å². The topological polar surface area (TPSA) is 47.6 Å². The van der Waals surface area contributed by atoms with Crippen LogP contribution in [0.5, 0.6) is 11.5 Å². The molecule has 0 aromatic heterocycles. The summed E-state index contributed by atoms with van der Waals surface area (Å²) in [7, 11) is 1.56. The van der Waals surface area contributed by atoms with Crippen LogP contribution in [-0.2, 0) is 0 Å². The normalized spacial score (nSPS) is 10.9. The van der Waals surface area contributed by atoms with Crippen molar-refractivity contribution in [1.29, 1.82) is 0 Å². The maximum atomic E-state index is 12.0. The molecule has 0 radical (unpaired) electrons. The molecule has 4 nitrogen and oxygen atoms in total. The fraction of sp³-hybridized carbons (Fsp3) is 0.500. The number of benzene rings is 1. The summed E-state index contributed by atoms with van der Waals surface area (Å²) < 4.78 is 10.6. The molecule has 0 bridgehead atoms. The summed E-state index contributed by atoms with van der Waals surface area (Å²) in [5, 5.41) is 2.90. The summed E-state index contributed by atoms with van der Waals surface area (Å²) in [5.74, 6) is 1.09. The average Bonchev–Trinajstić information content (AvgIpc) is 2.27. The molecular formula is C14H21NO3. The van der Waals surface area contributed by atoms with E-state index in [2.05, 4.69) is 5.32 Å². The fourth-order valence-electron chi connectivity index (χ4n) is 1.50. The van der Waals surface area contributed by atoms with Crippen molar-refractivity contribution in [2.75, 3.05) is 13.7 Å². The van der Waals surface area contributed by atoms with E-state index >= 15 is 0 Å². The zero-order valence-corrected chi connectivity index (χ0v) is 11.7. The Labute approximate surface area is 108 Å². The average molecular weight is 251 g/mol. The number of carbonyl (C=O) groups is 1. The summed E-state index contributed by atoms with van der Waals surface area (Å²) in [5.41, 5.74) is 0.299. The molecule has 0 heterocycles. The van der Waals surface area contributed by atoms with Crippen LogP contribution in [0.4, 0.5) is 0 Å². The Morgan fingerprint density at radius 2 is 1.94 bits per heavy atom. The molecule has 1 rings (SSSR count). The Morgan fingerprint density at radius 3 is 2.44 bits per heavy atom. The summed E-state index contributed by atoms with van der Waals surface area (Å²) in [4.78, 5) is 12.0. The molecule has 100 valence electrons. The first-order valence-corrected chi connectivity index (χ1v) is 6.00. The largest absolute Gasteiger partial charge is 0.493 e. The number of amides is 1. The second kappa shape index (κ2) is 5.76. The molecular weight excluding hydrogens is 230 g/mol. The van der Waals surface area contributed by atoms with Crippen LogP contribution in [0.25, 0.3) is 0 Å². The van der Waals surface area contributed by atoms with Crippen molar-refractivity contribution in [3.8, 4) is 11.5 Å². The van der Waals surface area contributed by atoms with E-state index in [1.165, 1.54) is 0 Å². The highest BCUT2D eigenvalue weighted by Crippen LogP contribution is 2.28. The first-order chi connectivity index (χ1) is 8.37. The smallest absolute Gasteiger partial charge is 0.251 e.